The zero-order valence-corrected chi connectivity index (χ0v) is 14.5. The Morgan fingerprint density at radius 2 is 1.91 bits per heavy atom. The predicted molar refractivity (Wildman–Crippen MR) is 93.2 cm³/mol. The Bertz CT molecular complexity index is 709. The van der Waals surface area contributed by atoms with Gasteiger partial charge in [-0.3, -0.25) is 4.79 Å². The highest BCUT2D eigenvalue weighted by molar-refractivity contribution is 6.30. The molecule has 122 valence electrons. The van der Waals surface area contributed by atoms with E-state index in [2.05, 4.69) is 26.1 Å². The maximum absolute atomic E-state index is 12.3. The summed E-state index contributed by atoms with van der Waals surface area (Å²) >= 11 is 5.97. The molecule has 3 rings (SSSR count). The van der Waals surface area contributed by atoms with Crippen molar-refractivity contribution in [1.82, 2.24) is 9.78 Å². The summed E-state index contributed by atoms with van der Waals surface area (Å²) in [4.78, 5) is 12.3. The molecule has 1 aromatic carbocycles. The first-order valence-electron chi connectivity index (χ1n) is 8.02. The molecular formula is C18H22ClN3O. The molecule has 1 N–H and O–H groups in total. The lowest BCUT2D eigenvalue weighted by atomic mass is 9.85. The number of nitrogens with zero attached hydrogens (tertiary/aromatic N) is 2. The van der Waals surface area contributed by atoms with E-state index in [9.17, 15) is 4.79 Å². The first kappa shape index (κ1) is 16.1. The van der Waals surface area contributed by atoms with Crippen LogP contribution in [0.1, 0.15) is 45.7 Å². The van der Waals surface area contributed by atoms with Gasteiger partial charge in [-0.2, -0.15) is 5.10 Å². The largest absolute Gasteiger partial charge is 0.310 e. The number of carbonyl (C=O) groups excluding carboxylic acids is 1. The van der Waals surface area contributed by atoms with Gasteiger partial charge < -0.3 is 5.32 Å². The van der Waals surface area contributed by atoms with Crippen LogP contribution in [0.2, 0.25) is 5.02 Å². The van der Waals surface area contributed by atoms with Gasteiger partial charge >= 0.3 is 0 Å². The van der Waals surface area contributed by atoms with E-state index in [0.717, 1.165) is 30.6 Å². The molecule has 1 saturated carbocycles. The number of carbonyl (C=O) groups is 1. The van der Waals surface area contributed by atoms with Crippen molar-refractivity contribution >= 4 is 23.3 Å². The van der Waals surface area contributed by atoms with Crippen molar-refractivity contribution in [3.8, 4) is 5.69 Å². The molecule has 0 aliphatic heterocycles. The second kappa shape index (κ2) is 6.00. The summed E-state index contributed by atoms with van der Waals surface area (Å²) in [6.07, 6.45) is 3.10. The average Bonchev–Trinajstić information content (AvgIpc) is 2.81. The maximum atomic E-state index is 12.3. The molecule has 0 saturated heterocycles. The van der Waals surface area contributed by atoms with Gasteiger partial charge in [-0.15, -0.1) is 0 Å². The molecule has 0 spiro atoms. The highest BCUT2D eigenvalue weighted by Crippen LogP contribution is 2.30. The average molecular weight is 332 g/mol. The Hall–Kier alpha value is -1.81. The minimum absolute atomic E-state index is 0.0897. The third-order valence-electron chi connectivity index (χ3n) is 4.28. The number of hydrogen-bond donors (Lipinski definition) is 1. The van der Waals surface area contributed by atoms with Gasteiger partial charge in [-0.05, 0) is 37.1 Å². The van der Waals surface area contributed by atoms with Crippen molar-refractivity contribution in [2.24, 2.45) is 5.92 Å². The summed E-state index contributed by atoms with van der Waals surface area (Å²) in [6, 6.07) is 9.42. The van der Waals surface area contributed by atoms with Crippen molar-refractivity contribution in [3.63, 3.8) is 0 Å². The molecule has 1 aliphatic rings. The van der Waals surface area contributed by atoms with E-state index < -0.39 is 0 Å². The number of hydrogen-bond acceptors (Lipinski definition) is 2. The van der Waals surface area contributed by atoms with Crippen molar-refractivity contribution in [1.29, 1.82) is 0 Å². The molecule has 1 aromatic heterocycles. The number of anilines is 1. The summed E-state index contributed by atoms with van der Waals surface area (Å²) < 4.78 is 1.79. The Morgan fingerprint density at radius 1 is 1.26 bits per heavy atom. The van der Waals surface area contributed by atoms with Gasteiger partial charge in [0, 0.05) is 22.4 Å². The van der Waals surface area contributed by atoms with E-state index in [1.165, 1.54) is 0 Å². The van der Waals surface area contributed by atoms with E-state index >= 15 is 0 Å². The molecule has 5 heteroatoms. The highest BCUT2D eigenvalue weighted by Gasteiger charge is 2.27. The fourth-order valence-electron chi connectivity index (χ4n) is 2.51. The van der Waals surface area contributed by atoms with Crippen LogP contribution in [0.3, 0.4) is 0 Å². The lowest BCUT2D eigenvalue weighted by molar-refractivity contribution is -0.122. The Labute approximate surface area is 141 Å². The summed E-state index contributed by atoms with van der Waals surface area (Å²) in [5.41, 5.74) is 1.73. The van der Waals surface area contributed by atoms with E-state index in [1.54, 1.807) is 4.68 Å². The molecule has 23 heavy (non-hydrogen) atoms. The molecule has 0 unspecified atom stereocenters. The number of amides is 1. The van der Waals surface area contributed by atoms with Crippen LogP contribution < -0.4 is 5.32 Å². The minimum atomic E-state index is -0.0897. The standard InChI is InChI=1S/C18H22ClN3O/c1-18(2,3)15-11-16(20-17(23)12-5-4-6-12)22(21-15)14-9-7-13(19)8-10-14/h7-12H,4-6H2,1-3H3,(H,20,23). The zero-order chi connectivity index (χ0) is 16.6. The SMILES string of the molecule is CC(C)(C)c1cc(NC(=O)C2CCC2)n(-c2ccc(Cl)cc2)n1. The van der Waals surface area contributed by atoms with Crippen LogP contribution >= 0.6 is 11.6 Å². The topological polar surface area (TPSA) is 46.9 Å². The minimum Gasteiger partial charge on any atom is -0.310 e. The first-order valence-corrected chi connectivity index (χ1v) is 8.40. The Kier molecular flexibility index (Phi) is 4.19. The molecule has 1 aliphatic carbocycles. The molecule has 1 heterocycles. The molecule has 4 nitrogen and oxygen atoms in total. The third-order valence-corrected chi connectivity index (χ3v) is 4.53. The van der Waals surface area contributed by atoms with Gasteiger partial charge in [-0.1, -0.05) is 38.8 Å². The van der Waals surface area contributed by atoms with Crippen molar-refractivity contribution in [2.45, 2.75) is 45.4 Å². The zero-order valence-electron chi connectivity index (χ0n) is 13.8. The monoisotopic (exact) mass is 331 g/mol. The van der Waals surface area contributed by atoms with Gasteiger partial charge in [0.15, 0.2) is 0 Å². The Balaban J connectivity index is 1.96. The molecule has 1 fully saturated rings. The fourth-order valence-corrected chi connectivity index (χ4v) is 2.64. The summed E-state index contributed by atoms with van der Waals surface area (Å²) in [5, 5.41) is 8.42. The molecule has 0 radical (unpaired) electrons. The summed E-state index contributed by atoms with van der Waals surface area (Å²) in [7, 11) is 0. The van der Waals surface area contributed by atoms with Gasteiger partial charge in [0.25, 0.3) is 0 Å². The second-order valence-electron chi connectivity index (χ2n) is 7.17. The highest BCUT2D eigenvalue weighted by atomic mass is 35.5. The Morgan fingerprint density at radius 3 is 2.43 bits per heavy atom. The van der Waals surface area contributed by atoms with E-state index in [4.69, 9.17) is 16.7 Å². The third kappa shape index (κ3) is 3.42. The second-order valence-corrected chi connectivity index (χ2v) is 7.61. The normalized spacial score (nSPS) is 15.3. The van der Waals surface area contributed by atoms with Crippen LogP contribution in [-0.4, -0.2) is 15.7 Å². The number of benzene rings is 1. The molecule has 0 atom stereocenters. The predicted octanol–water partition coefficient (Wildman–Crippen LogP) is 4.56. The van der Waals surface area contributed by atoms with Gasteiger partial charge in [0.05, 0.1) is 11.4 Å². The quantitative estimate of drug-likeness (QED) is 0.896. The maximum Gasteiger partial charge on any atom is 0.228 e. The molecule has 1 amide bonds. The van der Waals surface area contributed by atoms with Crippen LogP contribution in [0.15, 0.2) is 30.3 Å². The molecule has 0 bridgehead atoms. The van der Waals surface area contributed by atoms with Crippen molar-refractivity contribution < 1.29 is 4.79 Å². The van der Waals surface area contributed by atoms with Gasteiger partial charge in [0.2, 0.25) is 5.91 Å². The molecule has 2 aromatic rings. The number of halogens is 1. The van der Waals surface area contributed by atoms with Crippen LogP contribution in [0.4, 0.5) is 5.82 Å². The van der Waals surface area contributed by atoms with Gasteiger partial charge in [-0.25, -0.2) is 4.68 Å². The van der Waals surface area contributed by atoms with Crippen molar-refractivity contribution in [3.05, 3.63) is 41.0 Å². The fraction of sp³-hybridized carbons (Fsp3) is 0.444. The summed E-state index contributed by atoms with van der Waals surface area (Å²) in [5.74, 6) is 0.947. The van der Waals surface area contributed by atoms with Crippen LogP contribution in [0, 0.1) is 5.92 Å². The van der Waals surface area contributed by atoms with Crippen LogP contribution in [0.25, 0.3) is 5.69 Å². The first-order chi connectivity index (χ1) is 10.8. The van der Waals surface area contributed by atoms with Gasteiger partial charge in [0.1, 0.15) is 5.82 Å². The van der Waals surface area contributed by atoms with E-state index in [-0.39, 0.29) is 17.2 Å². The smallest absolute Gasteiger partial charge is 0.228 e. The summed E-state index contributed by atoms with van der Waals surface area (Å²) in [6.45, 7) is 6.33. The molecular weight excluding hydrogens is 310 g/mol. The lowest BCUT2D eigenvalue weighted by Gasteiger charge is -2.24. The number of nitrogens with one attached hydrogen (secondary N) is 1. The van der Waals surface area contributed by atoms with E-state index in [1.807, 2.05) is 30.3 Å². The van der Waals surface area contributed by atoms with Crippen molar-refractivity contribution in [2.75, 3.05) is 5.32 Å². The number of rotatable bonds is 3. The van der Waals surface area contributed by atoms with Crippen LogP contribution in [0.5, 0.6) is 0 Å². The lowest BCUT2D eigenvalue weighted by Crippen LogP contribution is -2.28. The number of aromatic nitrogens is 2. The van der Waals surface area contributed by atoms with Crippen LogP contribution in [-0.2, 0) is 10.2 Å². The van der Waals surface area contributed by atoms with E-state index in [0.29, 0.717) is 10.8 Å².